The minimum atomic E-state index is -0.288. The van der Waals surface area contributed by atoms with Crippen molar-refractivity contribution in [1.82, 2.24) is 15.5 Å². The molecule has 2 N–H and O–H groups in total. The number of aryl methyl sites for hydroxylation is 1. The molecule has 20 heavy (non-hydrogen) atoms. The molecule has 0 radical (unpaired) electrons. The number of nitrogens with zero attached hydrogens (tertiary/aromatic N) is 1. The predicted octanol–water partition coefficient (Wildman–Crippen LogP) is 2.29. The van der Waals surface area contributed by atoms with Gasteiger partial charge in [-0.3, -0.25) is 9.89 Å². The second kappa shape index (κ2) is 5.45. The molecule has 0 fully saturated rings. The zero-order valence-corrected chi connectivity index (χ0v) is 11.0. The number of hydrogen-bond acceptors (Lipinski definition) is 2. The van der Waals surface area contributed by atoms with Crippen LogP contribution in [0, 0.1) is 5.82 Å². The Hall–Kier alpha value is -2.17. The third kappa shape index (κ3) is 2.71. The van der Waals surface area contributed by atoms with Gasteiger partial charge in [-0.25, -0.2) is 4.39 Å². The summed E-state index contributed by atoms with van der Waals surface area (Å²) in [6, 6.07) is 6.02. The Morgan fingerprint density at radius 3 is 3.00 bits per heavy atom. The van der Waals surface area contributed by atoms with E-state index in [0.717, 1.165) is 30.5 Å². The van der Waals surface area contributed by atoms with Crippen molar-refractivity contribution in [2.45, 2.75) is 31.7 Å². The second-order valence-corrected chi connectivity index (χ2v) is 5.12. The van der Waals surface area contributed by atoms with Gasteiger partial charge in [0.25, 0.3) is 0 Å². The number of aromatic amines is 1. The summed E-state index contributed by atoms with van der Waals surface area (Å²) >= 11 is 0. The van der Waals surface area contributed by atoms with Crippen LogP contribution in [0.5, 0.6) is 0 Å². The standard InChI is InChI=1S/C15H16FN3O/c16-12-6-4-10(5-7-12)8-14(20)18-13-3-1-2-11-9-17-19-15(11)13/h4-7,9,13H,1-3,8H2,(H,17,19)(H,18,20). The normalized spacial score (nSPS) is 17.6. The van der Waals surface area contributed by atoms with Crippen molar-refractivity contribution in [3.63, 3.8) is 0 Å². The molecule has 1 aromatic carbocycles. The number of H-pyrrole nitrogens is 1. The molecule has 1 aliphatic carbocycles. The van der Waals surface area contributed by atoms with Gasteiger partial charge in [0.05, 0.1) is 24.4 Å². The number of nitrogens with one attached hydrogen (secondary N) is 2. The number of rotatable bonds is 3. The Labute approximate surface area is 116 Å². The fraction of sp³-hybridized carbons (Fsp3) is 0.333. The molecule has 1 heterocycles. The van der Waals surface area contributed by atoms with Crippen LogP contribution in [0.25, 0.3) is 0 Å². The molecular weight excluding hydrogens is 257 g/mol. The van der Waals surface area contributed by atoms with Gasteiger partial charge < -0.3 is 5.32 Å². The maximum Gasteiger partial charge on any atom is 0.224 e. The fourth-order valence-electron chi connectivity index (χ4n) is 2.64. The number of carbonyl (C=O) groups excluding carboxylic acids is 1. The number of aromatic nitrogens is 2. The highest BCUT2D eigenvalue weighted by atomic mass is 19.1. The van der Waals surface area contributed by atoms with Crippen LogP contribution in [-0.2, 0) is 17.6 Å². The predicted molar refractivity (Wildman–Crippen MR) is 72.5 cm³/mol. The molecule has 2 aromatic rings. The molecular formula is C15H16FN3O. The van der Waals surface area contributed by atoms with Crippen LogP contribution in [0.15, 0.2) is 30.5 Å². The van der Waals surface area contributed by atoms with Gasteiger partial charge in [0.2, 0.25) is 5.91 Å². The van der Waals surface area contributed by atoms with Gasteiger partial charge in [0, 0.05) is 0 Å². The zero-order valence-electron chi connectivity index (χ0n) is 11.0. The summed E-state index contributed by atoms with van der Waals surface area (Å²) in [6.45, 7) is 0. The van der Waals surface area contributed by atoms with E-state index in [-0.39, 0.29) is 24.2 Å². The molecule has 1 unspecified atom stereocenters. The summed E-state index contributed by atoms with van der Waals surface area (Å²) in [5.74, 6) is -0.340. The van der Waals surface area contributed by atoms with E-state index in [1.807, 2.05) is 6.20 Å². The van der Waals surface area contributed by atoms with Crippen molar-refractivity contribution >= 4 is 5.91 Å². The Morgan fingerprint density at radius 1 is 1.40 bits per heavy atom. The maximum atomic E-state index is 12.8. The van der Waals surface area contributed by atoms with Crippen molar-refractivity contribution in [2.24, 2.45) is 0 Å². The van der Waals surface area contributed by atoms with Crippen molar-refractivity contribution in [1.29, 1.82) is 0 Å². The van der Waals surface area contributed by atoms with E-state index >= 15 is 0 Å². The van der Waals surface area contributed by atoms with Gasteiger partial charge >= 0.3 is 0 Å². The Kier molecular flexibility index (Phi) is 3.50. The minimum absolute atomic E-state index is 0.00852. The third-order valence-electron chi connectivity index (χ3n) is 3.65. The van der Waals surface area contributed by atoms with E-state index in [1.165, 1.54) is 17.7 Å². The van der Waals surface area contributed by atoms with E-state index in [4.69, 9.17) is 0 Å². The Balaban J connectivity index is 1.64. The minimum Gasteiger partial charge on any atom is -0.347 e. The number of carbonyl (C=O) groups is 1. The molecule has 1 aromatic heterocycles. The van der Waals surface area contributed by atoms with E-state index in [2.05, 4.69) is 15.5 Å². The lowest BCUT2D eigenvalue weighted by molar-refractivity contribution is -0.121. The molecule has 0 bridgehead atoms. The van der Waals surface area contributed by atoms with Gasteiger partial charge in [0.1, 0.15) is 5.82 Å². The number of fused-ring (bicyclic) bond motifs is 1. The lowest BCUT2D eigenvalue weighted by atomic mass is 9.93. The van der Waals surface area contributed by atoms with Gasteiger partial charge in [-0.05, 0) is 42.5 Å². The highest BCUT2D eigenvalue weighted by Gasteiger charge is 2.23. The Bertz CT molecular complexity index is 606. The summed E-state index contributed by atoms with van der Waals surface area (Å²) in [7, 11) is 0. The van der Waals surface area contributed by atoms with E-state index in [9.17, 15) is 9.18 Å². The number of hydrogen-bond donors (Lipinski definition) is 2. The summed E-state index contributed by atoms with van der Waals surface area (Å²) in [5.41, 5.74) is 3.01. The van der Waals surface area contributed by atoms with Gasteiger partial charge in [-0.1, -0.05) is 12.1 Å². The van der Waals surface area contributed by atoms with Crippen LogP contribution in [0.4, 0.5) is 4.39 Å². The second-order valence-electron chi connectivity index (χ2n) is 5.12. The monoisotopic (exact) mass is 273 g/mol. The van der Waals surface area contributed by atoms with E-state index < -0.39 is 0 Å². The van der Waals surface area contributed by atoms with Crippen molar-refractivity contribution in [2.75, 3.05) is 0 Å². The fourth-order valence-corrected chi connectivity index (χ4v) is 2.64. The van der Waals surface area contributed by atoms with Crippen LogP contribution in [0.1, 0.15) is 35.7 Å². The average molecular weight is 273 g/mol. The number of amides is 1. The van der Waals surface area contributed by atoms with Crippen LogP contribution in [0.3, 0.4) is 0 Å². The molecule has 1 aliphatic rings. The SMILES string of the molecule is O=C(Cc1ccc(F)cc1)NC1CCCc2cn[nH]c21. The largest absolute Gasteiger partial charge is 0.347 e. The molecule has 4 nitrogen and oxygen atoms in total. The first kappa shape index (κ1) is 12.8. The molecule has 3 rings (SSSR count). The molecule has 1 atom stereocenters. The number of benzene rings is 1. The molecule has 5 heteroatoms. The van der Waals surface area contributed by atoms with Gasteiger partial charge in [0.15, 0.2) is 0 Å². The van der Waals surface area contributed by atoms with Gasteiger partial charge in [-0.15, -0.1) is 0 Å². The molecule has 0 saturated heterocycles. The smallest absolute Gasteiger partial charge is 0.224 e. The van der Waals surface area contributed by atoms with Crippen LogP contribution < -0.4 is 5.32 Å². The zero-order chi connectivity index (χ0) is 13.9. The summed E-state index contributed by atoms with van der Waals surface area (Å²) in [4.78, 5) is 12.1. The highest BCUT2D eigenvalue weighted by Crippen LogP contribution is 2.27. The van der Waals surface area contributed by atoms with Crippen LogP contribution in [-0.4, -0.2) is 16.1 Å². The molecule has 0 aliphatic heterocycles. The van der Waals surface area contributed by atoms with E-state index in [0.29, 0.717) is 0 Å². The highest BCUT2D eigenvalue weighted by molar-refractivity contribution is 5.79. The molecule has 0 spiro atoms. The summed E-state index contributed by atoms with van der Waals surface area (Å²) in [5, 5.41) is 10.0. The van der Waals surface area contributed by atoms with Gasteiger partial charge in [-0.2, -0.15) is 5.10 Å². The molecule has 1 amide bonds. The maximum absolute atomic E-state index is 12.8. The third-order valence-corrected chi connectivity index (χ3v) is 3.65. The topological polar surface area (TPSA) is 57.8 Å². The summed E-state index contributed by atoms with van der Waals surface area (Å²) < 4.78 is 12.8. The molecule has 104 valence electrons. The van der Waals surface area contributed by atoms with E-state index in [1.54, 1.807) is 12.1 Å². The van der Waals surface area contributed by atoms with Crippen LogP contribution >= 0.6 is 0 Å². The molecule has 0 saturated carbocycles. The number of halogens is 1. The van der Waals surface area contributed by atoms with Crippen LogP contribution in [0.2, 0.25) is 0 Å². The van der Waals surface area contributed by atoms with Crippen molar-refractivity contribution < 1.29 is 9.18 Å². The lowest BCUT2D eigenvalue weighted by Gasteiger charge is -2.22. The first-order chi connectivity index (χ1) is 9.72. The first-order valence-electron chi connectivity index (χ1n) is 6.78. The summed E-state index contributed by atoms with van der Waals surface area (Å²) in [6.07, 6.45) is 5.07. The van der Waals surface area contributed by atoms with Crippen molar-refractivity contribution in [3.05, 3.63) is 53.1 Å². The van der Waals surface area contributed by atoms with Crippen molar-refractivity contribution in [3.8, 4) is 0 Å². The quantitative estimate of drug-likeness (QED) is 0.901. The average Bonchev–Trinajstić information content (AvgIpc) is 2.91. The Morgan fingerprint density at radius 2 is 2.20 bits per heavy atom. The lowest BCUT2D eigenvalue weighted by Crippen LogP contribution is -2.32. The first-order valence-corrected chi connectivity index (χ1v) is 6.78.